The maximum Gasteiger partial charge on any atom is 0.288 e. The maximum atomic E-state index is 11.3. The average molecular weight is 255 g/mol. The number of nitrogens with zero attached hydrogens (tertiary/aromatic N) is 2. The predicted molar refractivity (Wildman–Crippen MR) is 61.6 cm³/mol. The molecule has 7 heteroatoms. The Balaban J connectivity index is 2.83. The molecule has 0 radical (unpaired) electrons. The standard InChI is InChI=1S/C10H7ClN2O4/c1-5(14)12-8-4-7(11)9(13(16)17)2-6(8)3-10(12)15/h2-4,15H,1H3. The number of carbonyl (C=O) groups is 1. The minimum absolute atomic E-state index is 0.0805. The summed E-state index contributed by atoms with van der Waals surface area (Å²) >= 11 is 5.74. The molecule has 6 nitrogen and oxygen atoms in total. The van der Waals surface area contributed by atoms with E-state index in [9.17, 15) is 20.0 Å². The van der Waals surface area contributed by atoms with Gasteiger partial charge in [-0.25, -0.2) is 0 Å². The normalized spacial score (nSPS) is 10.7. The third-order valence-corrected chi connectivity index (χ3v) is 2.67. The summed E-state index contributed by atoms with van der Waals surface area (Å²) in [5.41, 5.74) is 0.0745. The van der Waals surface area contributed by atoms with Gasteiger partial charge in [-0.05, 0) is 6.07 Å². The molecular formula is C10H7ClN2O4. The number of hydrogen-bond acceptors (Lipinski definition) is 4. The lowest BCUT2D eigenvalue weighted by molar-refractivity contribution is -0.384. The monoisotopic (exact) mass is 254 g/mol. The first-order valence-corrected chi connectivity index (χ1v) is 4.99. The molecule has 2 aromatic rings. The quantitative estimate of drug-likeness (QED) is 0.626. The fourth-order valence-electron chi connectivity index (χ4n) is 1.67. The lowest BCUT2D eigenvalue weighted by Crippen LogP contribution is -2.04. The van der Waals surface area contributed by atoms with Crippen LogP contribution in [0.3, 0.4) is 0 Å². The Morgan fingerprint density at radius 1 is 1.47 bits per heavy atom. The average Bonchev–Trinajstić information content (AvgIpc) is 2.51. The summed E-state index contributed by atoms with van der Waals surface area (Å²) in [5.74, 6) is -0.675. The molecule has 0 aliphatic heterocycles. The molecule has 0 saturated carbocycles. The first-order valence-electron chi connectivity index (χ1n) is 4.61. The van der Waals surface area contributed by atoms with E-state index in [0.717, 1.165) is 4.57 Å². The van der Waals surface area contributed by atoms with E-state index in [-0.39, 0.29) is 16.6 Å². The largest absolute Gasteiger partial charge is 0.494 e. The van der Waals surface area contributed by atoms with E-state index in [1.165, 1.54) is 25.1 Å². The van der Waals surface area contributed by atoms with Gasteiger partial charge in [0.15, 0.2) is 5.88 Å². The minimum Gasteiger partial charge on any atom is -0.494 e. The molecule has 1 N–H and O–H groups in total. The molecule has 2 rings (SSSR count). The van der Waals surface area contributed by atoms with Crippen molar-refractivity contribution >= 4 is 34.1 Å². The first-order chi connectivity index (χ1) is 7.91. The number of nitro groups is 1. The van der Waals surface area contributed by atoms with Crippen LogP contribution in [-0.2, 0) is 0 Å². The van der Waals surface area contributed by atoms with E-state index in [2.05, 4.69) is 0 Å². The number of carbonyl (C=O) groups excluding carboxylic acids is 1. The van der Waals surface area contributed by atoms with Gasteiger partial charge in [0.05, 0.1) is 10.4 Å². The Morgan fingerprint density at radius 2 is 2.12 bits per heavy atom. The van der Waals surface area contributed by atoms with Crippen molar-refractivity contribution in [2.24, 2.45) is 0 Å². The van der Waals surface area contributed by atoms with Gasteiger partial charge in [0.25, 0.3) is 5.69 Å². The molecule has 0 spiro atoms. The molecule has 1 aromatic heterocycles. The van der Waals surface area contributed by atoms with Crippen molar-refractivity contribution in [2.75, 3.05) is 0 Å². The van der Waals surface area contributed by atoms with E-state index in [1.807, 2.05) is 0 Å². The van der Waals surface area contributed by atoms with Crippen LogP contribution in [0.15, 0.2) is 18.2 Å². The second-order valence-electron chi connectivity index (χ2n) is 3.48. The number of fused-ring (bicyclic) bond motifs is 1. The van der Waals surface area contributed by atoms with Crippen LogP contribution in [0.5, 0.6) is 5.88 Å². The van der Waals surface area contributed by atoms with Gasteiger partial charge in [0, 0.05) is 24.4 Å². The zero-order chi connectivity index (χ0) is 12.7. The van der Waals surface area contributed by atoms with Crippen LogP contribution < -0.4 is 0 Å². The number of aromatic nitrogens is 1. The summed E-state index contributed by atoms with van der Waals surface area (Å²) < 4.78 is 1.03. The van der Waals surface area contributed by atoms with E-state index >= 15 is 0 Å². The highest BCUT2D eigenvalue weighted by molar-refractivity contribution is 6.33. The molecule has 0 fully saturated rings. The number of nitro benzene ring substituents is 1. The molecule has 1 heterocycles. The van der Waals surface area contributed by atoms with Gasteiger partial charge >= 0.3 is 0 Å². The fourth-order valence-corrected chi connectivity index (χ4v) is 1.90. The van der Waals surface area contributed by atoms with Crippen molar-refractivity contribution in [3.05, 3.63) is 33.3 Å². The van der Waals surface area contributed by atoms with Gasteiger partial charge in [-0.2, -0.15) is 0 Å². The van der Waals surface area contributed by atoms with Gasteiger partial charge in [-0.15, -0.1) is 0 Å². The number of halogens is 1. The summed E-state index contributed by atoms with van der Waals surface area (Å²) in [6.45, 7) is 1.27. The van der Waals surface area contributed by atoms with Crippen molar-refractivity contribution in [2.45, 2.75) is 6.92 Å². The highest BCUT2D eigenvalue weighted by atomic mass is 35.5. The van der Waals surface area contributed by atoms with Crippen LogP contribution in [-0.4, -0.2) is 20.5 Å². The van der Waals surface area contributed by atoms with Gasteiger partial charge < -0.3 is 5.11 Å². The fraction of sp³-hybridized carbons (Fsp3) is 0.100. The Labute approximate surface area is 100 Å². The van der Waals surface area contributed by atoms with Crippen LogP contribution >= 0.6 is 11.6 Å². The molecule has 0 aliphatic rings. The third kappa shape index (κ3) is 1.72. The molecule has 88 valence electrons. The van der Waals surface area contributed by atoms with Crippen molar-refractivity contribution in [3.8, 4) is 5.88 Å². The van der Waals surface area contributed by atoms with Gasteiger partial charge in [0.2, 0.25) is 5.91 Å². The van der Waals surface area contributed by atoms with E-state index in [0.29, 0.717) is 10.9 Å². The Hall–Kier alpha value is -2.08. The lowest BCUT2D eigenvalue weighted by Gasteiger charge is -2.01. The summed E-state index contributed by atoms with van der Waals surface area (Å²) in [6, 6.07) is 3.78. The molecule has 0 bridgehead atoms. The summed E-state index contributed by atoms with van der Waals surface area (Å²) in [7, 11) is 0. The summed E-state index contributed by atoms with van der Waals surface area (Å²) in [4.78, 5) is 21.4. The van der Waals surface area contributed by atoms with Crippen molar-refractivity contribution in [1.29, 1.82) is 0 Å². The summed E-state index contributed by atoms with van der Waals surface area (Å²) in [5, 5.41) is 20.5. The first kappa shape index (κ1) is 11.4. The number of benzene rings is 1. The molecule has 0 aliphatic carbocycles. The molecule has 1 aromatic carbocycles. The predicted octanol–water partition coefficient (Wildman–Crippen LogP) is 2.57. The molecule has 0 saturated heterocycles. The van der Waals surface area contributed by atoms with Gasteiger partial charge in [-0.1, -0.05) is 11.6 Å². The smallest absolute Gasteiger partial charge is 0.288 e. The lowest BCUT2D eigenvalue weighted by atomic mass is 10.2. The number of rotatable bonds is 1. The zero-order valence-corrected chi connectivity index (χ0v) is 9.43. The molecule has 0 amide bonds. The van der Waals surface area contributed by atoms with Gasteiger partial charge in [0.1, 0.15) is 5.02 Å². The molecule has 0 unspecified atom stereocenters. The highest BCUT2D eigenvalue weighted by Crippen LogP contribution is 2.33. The maximum absolute atomic E-state index is 11.3. The highest BCUT2D eigenvalue weighted by Gasteiger charge is 2.18. The van der Waals surface area contributed by atoms with Crippen molar-refractivity contribution in [3.63, 3.8) is 0 Å². The van der Waals surface area contributed by atoms with E-state index in [1.54, 1.807) is 0 Å². The van der Waals surface area contributed by atoms with Gasteiger partial charge in [-0.3, -0.25) is 19.5 Å². The van der Waals surface area contributed by atoms with Crippen LogP contribution in [0, 0.1) is 10.1 Å². The Morgan fingerprint density at radius 3 is 2.65 bits per heavy atom. The van der Waals surface area contributed by atoms with Crippen molar-refractivity contribution < 1.29 is 14.8 Å². The second kappa shape index (κ2) is 3.74. The second-order valence-corrected chi connectivity index (χ2v) is 3.88. The van der Waals surface area contributed by atoms with Crippen LogP contribution in [0.4, 0.5) is 5.69 Å². The van der Waals surface area contributed by atoms with Crippen molar-refractivity contribution in [1.82, 2.24) is 4.57 Å². The van der Waals surface area contributed by atoms with Crippen LogP contribution in [0.25, 0.3) is 10.9 Å². The van der Waals surface area contributed by atoms with Crippen LogP contribution in [0.2, 0.25) is 5.02 Å². The molecular weight excluding hydrogens is 248 g/mol. The number of hydrogen-bond donors (Lipinski definition) is 1. The van der Waals surface area contributed by atoms with E-state index in [4.69, 9.17) is 11.6 Å². The Kier molecular flexibility index (Phi) is 2.51. The SMILES string of the molecule is CC(=O)n1c(O)cc2cc([N+](=O)[O-])c(Cl)cc21. The van der Waals surface area contributed by atoms with Crippen LogP contribution in [0.1, 0.15) is 11.7 Å². The number of aromatic hydroxyl groups is 1. The van der Waals surface area contributed by atoms with E-state index < -0.39 is 10.8 Å². The summed E-state index contributed by atoms with van der Waals surface area (Å²) in [6.07, 6.45) is 0. The third-order valence-electron chi connectivity index (χ3n) is 2.36. The Bertz CT molecular complexity index is 647. The molecule has 0 atom stereocenters. The molecule has 17 heavy (non-hydrogen) atoms. The zero-order valence-electron chi connectivity index (χ0n) is 8.68. The topological polar surface area (TPSA) is 85.4 Å². The minimum atomic E-state index is -0.621.